The highest BCUT2D eigenvalue weighted by Crippen LogP contribution is 2.07. The van der Waals surface area contributed by atoms with Crippen molar-refractivity contribution in [3.63, 3.8) is 0 Å². The van der Waals surface area contributed by atoms with Crippen LogP contribution in [0.3, 0.4) is 0 Å². The maximum absolute atomic E-state index is 12.0. The lowest BCUT2D eigenvalue weighted by Gasteiger charge is -2.18. The summed E-state index contributed by atoms with van der Waals surface area (Å²) in [6.45, 7) is 1.50. The lowest BCUT2D eigenvalue weighted by molar-refractivity contribution is -0.145. The van der Waals surface area contributed by atoms with Crippen molar-refractivity contribution in [2.45, 2.75) is 38.5 Å². The number of aliphatic hydroxyl groups excluding tert-OH is 1. The molecule has 1 aromatic carbocycles. The molecule has 0 aromatic heterocycles. The van der Waals surface area contributed by atoms with Gasteiger partial charge in [0.2, 0.25) is 5.91 Å². The smallest absolute Gasteiger partial charge is 0.407 e. The first-order chi connectivity index (χ1) is 13.3. The van der Waals surface area contributed by atoms with Gasteiger partial charge in [-0.25, -0.2) is 9.59 Å². The number of hydrogen-bond donors (Lipinski definition) is 3. The van der Waals surface area contributed by atoms with Crippen LogP contribution in [0.15, 0.2) is 30.3 Å². The fourth-order valence-electron chi connectivity index (χ4n) is 2.28. The highest BCUT2D eigenvalue weighted by atomic mass is 16.5. The van der Waals surface area contributed by atoms with Crippen molar-refractivity contribution in [1.29, 1.82) is 5.26 Å². The molecule has 152 valence electrons. The van der Waals surface area contributed by atoms with Crippen LogP contribution in [0.25, 0.3) is 0 Å². The molecule has 0 heterocycles. The summed E-state index contributed by atoms with van der Waals surface area (Å²) >= 11 is 0. The summed E-state index contributed by atoms with van der Waals surface area (Å²) in [5.74, 6) is -1.74. The molecule has 9 heteroatoms. The number of hydrogen-bond acceptors (Lipinski definition) is 7. The van der Waals surface area contributed by atoms with E-state index in [0.29, 0.717) is 0 Å². The molecule has 9 nitrogen and oxygen atoms in total. The van der Waals surface area contributed by atoms with Crippen molar-refractivity contribution in [3.8, 4) is 6.07 Å². The number of carbonyl (C=O) groups is 3. The Morgan fingerprint density at radius 3 is 2.54 bits per heavy atom. The van der Waals surface area contributed by atoms with Gasteiger partial charge in [-0.05, 0) is 18.9 Å². The fourth-order valence-corrected chi connectivity index (χ4v) is 2.28. The summed E-state index contributed by atoms with van der Waals surface area (Å²) in [6.07, 6.45) is -2.14. The first-order valence-electron chi connectivity index (χ1n) is 8.75. The van der Waals surface area contributed by atoms with Crippen LogP contribution in [-0.2, 0) is 25.7 Å². The third-order valence-electron chi connectivity index (χ3n) is 3.75. The van der Waals surface area contributed by atoms with Gasteiger partial charge in [-0.15, -0.1) is 0 Å². The van der Waals surface area contributed by atoms with Crippen LogP contribution in [-0.4, -0.2) is 48.9 Å². The zero-order valence-electron chi connectivity index (χ0n) is 15.9. The van der Waals surface area contributed by atoms with E-state index < -0.39 is 36.0 Å². The van der Waals surface area contributed by atoms with E-state index in [1.165, 1.54) is 7.11 Å². The van der Waals surface area contributed by atoms with Crippen molar-refractivity contribution in [2.24, 2.45) is 5.92 Å². The SMILES string of the molecule is COC(=O)[C@H](C[C@H](C)C#N)NC(=O)C[C@@H](O)CNC(=O)OCc1ccccc1. The normalized spacial score (nSPS) is 13.4. The number of ether oxygens (including phenoxy) is 2. The van der Waals surface area contributed by atoms with Crippen molar-refractivity contribution in [2.75, 3.05) is 13.7 Å². The lowest BCUT2D eigenvalue weighted by Crippen LogP contribution is -2.44. The van der Waals surface area contributed by atoms with E-state index in [0.717, 1.165) is 5.56 Å². The zero-order valence-corrected chi connectivity index (χ0v) is 15.9. The predicted octanol–water partition coefficient (Wildman–Crippen LogP) is 0.871. The largest absolute Gasteiger partial charge is 0.467 e. The number of benzene rings is 1. The number of nitriles is 1. The van der Waals surface area contributed by atoms with Gasteiger partial charge in [0.1, 0.15) is 12.6 Å². The number of aliphatic hydroxyl groups is 1. The molecular weight excluding hydrogens is 366 g/mol. The van der Waals surface area contributed by atoms with Gasteiger partial charge in [-0.3, -0.25) is 4.79 Å². The van der Waals surface area contributed by atoms with E-state index >= 15 is 0 Å². The number of carbonyl (C=O) groups excluding carboxylic acids is 3. The topological polar surface area (TPSA) is 138 Å². The highest BCUT2D eigenvalue weighted by Gasteiger charge is 2.24. The number of nitrogens with one attached hydrogen (secondary N) is 2. The van der Waals surface area contributed by atoms with E-state index in [1.54, 1.807) is 19.1 Å². The molecule has 1 aromatic rings. The molecule has 0 fully saturated rings. The van der Waals surface area contributed by atoms with Crippen molar-refractivity contribution >= 4 is 18.0 Å². The number of alkyl carbamates (subject to hydrolysis) is 1. The lowest BCUT2D eigenvalue weighted by atomic mass is 10.0. The quantitative estimate of drug-likeness (QED) is 0.503. The second-order valence-electron chi connectivity index (χ2n) is 6.21. The van der Waals surface area contributed by atoms with E-state index in [4.69, 9.17) is 10.00 Å². The van der Waals surface area contributed by atoms with Gasteiger partial charge in [-0.1, -0.05) is 30.3 Å². The number of methoxy groups -OCH3 is 1. The molecule has 0 radical (unpaired) electrons. The molecule has 0 saturated carbocycles. The molecule has 28 heavy (non-hydrogen) atoms. The van der Waals surface area contributed by atoms with Crippen LogP contribution < -0.4 is 10.6 Å². The average Bonchev–Trinajstić information content (AvgIpc) is 2.70. The monoisotopic (exact) mass is 391 g/mol. The summed E-state index contributed by atoms with van der Waals surface area (Å²) in [5, 5.41) is 23.5. The molecule has 2 amide bonds. The van der Waals surface area contributed by atoms with Crippen LogP contribution in [0.5, 0.6) is 0 Å². The first kappa shape index (κ1) is 22.9. The average molecular weight is 391 g/mol. The zero-order chi connectivity index (χ0) is 20.9. The molecule has 0 aliphatic carbocycles. The summed E-state index contributed by atoms with van der Waals surface area (Å²) in [4.78, 5) is 35.3. The Balaban J connectivity index is 2.36. The van der Waals surface area contributed by atoms with Gasteiger partial charge >= 0.3 is 12.1 Å². The Morgan fingerprint density at radius 2 is 1.93 bits per heavy atom. The Bertz CT molecular complexity index is 689. The van der Waals surface area contributed by atoms with Crippen molar-refractivity contribution < 1.29 is 29.0 Å². The van der Waals surface area contributed by atoms with Crippen LogP contribution in [0.1, 0.15) is 25.3 Å². The van der Waals surface area contributed by atoms with E-state index in [2.05, 4.69) is 15.4 Å². The number of amides is 2. The molecule has 0 bridgehead atoms. The Hall–Kier alpha value is -3.12. The molecule has 1 rings (SSSR count). The molecule has 3 atom stereocenters. The maximum atomic E-state index is 12.0. The minimum Gasteiger partial charge on any atom is -0.467 e. The third-order valence-corrected chi connectivity index (χ3v) is 3.75. The van der Waals surface area contributed by atoms with E-state index in [-0.39, 0.29) is 26.0 Å². The van der Waals surface area contributed by atoms with Gasteiger partial charge in [0.15, 0.2) is 0 Å². The van der Waals surface area contributed by atoms with Crippen LogP contribution >= 0.6 is 0 Å². The Morgan fingerprint density at radius 1 is 1.25 bits per heavy atom. The third kappa shape index (κ3) is 9.00. The summed E-state index contributed by atoms with van der Waals surface area (Å²) < 4.78 is 9.60. The maximum Gasteiger partial charge on any atom is 0.407 e. The number of rotatable bonds is 10. The highest BCUT2D eigenvalue weighted by molar-refractivity contribution is 5.84. The van der Waals surface area contributed by atoms with Crippen LogP contribution in [0, 0.1) is 17.2 Å². The molecule has 0 spiro atoms. The van der Waals surface area contributed by atoms with Crippen molar-refractivity contribution in [3.05, 3.63) is 35.9 Å². The van der Waals surface area contributed by atoms with Gasteiger partial charge < -0.3 is 25.2 Å². The molecule has 3 N–H and O–H groups in total. The second kappa shape index (κ2) is 12.3. The van der Waals surface area contributed by atoms with Gasteiger partial charge in [0.25, 0.3) is 0 Å². The van der Waals surface area contributed by atoms with Gasteiger partial charge in [0.05, 0.1) is 25.7 Å². The number of esters is 1. The minimum atomic E-state index is -1.17. The molecule has 0 unspecified atom stereocenters. The predicted molar refractivity (Wildman–Crippen MR) is 98.6 cm³/mol. The molecule has 0 aliphatic heterocycles. The summed E-state index contributed by atoms with van der Waals surface area (Å²) in [7, 11) is 1.18. The molecule has 0 saturated heterocycles. The molecule has 0 aliphatic rings. The minimum absolute atomic E-state index is 0.0845. The van der Waals surface area contributed by atoms with Crippen LogP contribution in [0.2, 0.25) is 0 Å². The molecular formula is C19H25N3O6. The van der Waals surface area contributed by atoms with Gasteiger partial charge in [-0.2, -0.15) is 5.26 Å². The van der Waals surface area contributed by atoms with Crippen molar-refractivity contribution in [1.82, 2.24) is 10.6 Å². The van der Waals surface area contributed by atoms with E-state index in [9.17, 15) is 19.5 Å². The summed E-state index contributed by atoms with van der Waals surface area (Å²) in [5.41, 5.74) is 0.818. The Kier molecular flexibility index (Phi) is 10.1. The van der Waals surface area contributed by atoms with Crippen LogP contribution in [0.4, 0.5) is 4.79 Å². The fraction of sp³-hybridized carbons (Fsp3) is 0.474. The number of nitrogens with zero attached hydrogens (tertiary/aromatic N) is 1. The van der Waals surface area contributed by atoms with E-state index in [1.807, 2.05) is 24.3 Å². The first-order valence-corrected chi connectivity index (χ1v) is 8.75. The standard InChI is InChI=1S/C19H25N3O6/c1-13(10-20)8-16(18(25)27-2)22-17(24)9-15(23)11-21-19(26)28-12-14-6-4-3-5-7-14/h3-7,13,15-16,23H,8-9,11-12H2,1-2H3,(H,21,26)(H,22,24)/t13-,15+,16-/m0/s1. The summed E-state index contributed by atoms with van der Waals surface area (Å²) in [6, 6.07) is 10.1. The Labute approximate surface area is 163 Å². The second-order valence-corrected chi connectivity index (χ2v) is 6.21. The van der Waals surface area contributed by atoms with Gasteiger partial charge in [0, 0.05) is 12.5 Å².